The third kappa shape index (κ3) is 6.37. The molecular formula is C14H22N2O2. The lowest BCUT2D eigenvalue weighted by molar-refractivity contribution is -0.120. The van der Waals surface area contributed by atoms with Gasteiger partial charge in [-0.2, -0.15) is 0 Å². The number of hydrogen-bond donors (Lipinski definition) is 2. The van der Waals surface area contributed by atoms with E-state index in [1.54, 1.807) is 7.05 Å². The molecule has 18 heavy (non-hydrogen) atoms. The van der Waals surface area contributed by atoms with Gasteiger partial charge >= 0.3 is 0 Å². The second kappa shape index (κ2) is 8.66. The standard InChI is InChI=1S/C14H22N2O2/c1-12(8-16-14(17)9-15-2)10-18-11-13-6-4-3-5-7-13/h3-7,12,15H,8-11H2,1-2H3,(H,16,17). The molecule has 4 heteroatoms. The van der Waals surface area contributed by atoms with Gasteiger partial charge in [0.15, 0.2) is 0 Å². The van der Waals surface area contributed by atoms with Crippen LogP contribution in [-0.2, 0) is 16.1 Å². The molecule has 0 bridgehead atoms. The second-order valence-corrected chi connectivity index (χ2v) is 4.44. The fourth-order valence-electron chi connectivity index (χ4n) is 1.52. The zero-order valence-corrected chi connectivity index (χ0v) is 11.1. The largest absolute Gasteiger partial charge is 0.376 e. The minimum atomic E-state index is 0.0207. The van der Waals surface area contributed by atoms with E-state index < -0.39 is 0 Å². The molecule has 1 aromatic carbocycles. The lowest BCUT2D eigenvalue weighted by Crippen LogP contribution is -2.35. The molecule has 0 fully saturated rings. The van der Waals surface area contributed by atoms with E-state index in [9.17, 15) is 4.79 Å². The van der Waals surface area contributed by atoms with Gasteiger partial charge < -0.3 is 15.4 Å². The van der Waals surface area contributed by atoms with E-state index in [0.717, 1.165) is 0 Å². The Balaban J connectivity index is 2.10. The van der Waals surface area contributed by atoms with E-state index in [-0.39, 0.29) is 5.91 Å². The predicted octanol–water partition coefficient (Wildman–Crippen LogP) is 1.17. The summed E-state index contributed by atoms with van der Waals surface area (Å²) in [5.41, 5.74) is 1.17. The molecule has 0 aromatic heterocycles. The number of rotatable bonds is 8. The number of ether oxygens (including phenoxy) is 1. The van der Waals surface area contributed by atoms with Crippen LogP contribution in [0.15, 0.2) is 30.3 Å². The number of nitrogens with one attached hydrogen (secondary N) is 2. The van der Waals surface area contributed by atoms with Crippen LogP contribution in [0.3, 0.4) is 0 Å². The maximum Gasteiger partial charge on any atom is 0.233 e. The highest BCUT2D eigenvalue weighted by molar-refractivity contribution is 5.77. The summed E-state index contributed by atoms with van der Waals surface area (Å²) in [6.07, 6.45) is 0. The SMILES string of the molecule is CNCC(=O)NCC(C)COCc1ccccc1. The van der Waals surface area contributed by atoms with E-state index >= 15 is 0 Å². The maximum atomic E-state index is 11.2. The predicted molar refractivity (Wildman–Crippen MR) is 72.2 cm³/mol. The van der Waals surface area contributed by atoms with Crippen molar-refractivity contribution in [3.05, 3.63) is 35.9 Å². The molecule has 0 radical (unpaired) electrons. The summed E-state index contributed by atoms with van der Waals surface area (Å²) < 4.78 is 5.61. The molecule has 0 saturated heterocycles. The first-order chi connectivity index (χ1) is 8.72. The monoisotopic (exact) mass is 250 g/mol. The number of carbonyl (C=O) groups excluding carboxylic acids is 1. The molecule has 1 unspecified atom stereocenters. The van der Waals surface area contributed by atoms with E-state index in [1.165, 1.54) is 5.56 Å². The number of benzene rings is 1. The van der Waals surface area contributed by atoms with Gasteiger partial charge in [-0.1, -0.05) is 37.3 Å². The molecule has 0 heterocycles. The van der Waals surface area contributed by atoms with Crippen molar-refractivity contribution >= 4 is 5.91 Å². The van der Waals surface area contributed by atoms with E-state index in [4.69, 9.17) is 4.74 Å². The summed E-state index contributed by atoms with van der Waals surface area (Å²) in [6.45, 7) is 4.34. The third-order valence-electron chi connectivity index (χ3n) is 2.50. The van der Waals surface area contributed by atoms with Crippen LogP contribution in [0.25, 0.3) is 0 Å². The quantitative estimate of drug-likeness (QED) is 0.728. The minimum Gasteiger partial charge on any atom is -0.376 e. The Morgan fingerprint density at radius 1 is 1.33 bits per heavy atom. The Hall–Kier alpha value is -1.39. The second-order valence-electron chi connectivity index (χ2n) is 4.44. The van der Waals surface area contributed by atoms with Crippen LogP contribution in [-0.4, -0.2) is 32.7 Å². The van der Waals surface area contributed by atoms with Crippen LogP contribution >= 0.6 is 0 Å². The highest BCUT2D eigenvalue weighted by atomic mass is 16.5. The van der Waals surface area contributed by atoms with Gasteiger partial charge in [0.25, 0.3) is 0 Å². The maximum absolute atomic E-state index is 11.2. The molecule has 1 atom stereocenters. The van der Waals surface area contributed by atoms with Crippen LogP contribution in [0.2, 0.25) is 0 Å². The topological polar surface area (TPSA) is 50.4 Å². The highest BCUT2D eigenvalue weighted by Crippen LogP contribution is 2.02. The van der Waals surface area contributed by atoms with Gasteiger partial charge in [-0.3, -0.25) is 4.79 Å². The van der Waals surface area contributed by atoms with E-state index in [2.05, 4.69) is 17.6 Å². The molecule has 0 aliphatic rings. The van der Waals surface area contributed by atoms with Crippen molar-refractivity contribution in [3.8, 4) is 0 Å². The van der Waals surface area contributed by atoms with Crippen molar-refractivity contribution in [1.82, 2.24) is 10.6 Å². The number of amides is 1. The van der Waals surface area contributed by atoms with Crippen LogP contribution < -0.4 is 10.6 Å². The van der Waals surface area contributed by atoms with Gasteiger partial charge in [0, 0.05) is 6.54 Å². The molecule has 0 spiro atoms. The Morgan fingerprint density at radius 3 is 2.72 bits per heavy atom. The lowest BCUT2D eigenvalue weighted by atomic mass is 10.2. The zero-order chi connectivity index (χ0) is 13.2. The van der Waals surface area contributed by atoms with Crippen molar-refractivity contribution in [3.63, 3.8) is 0 Å². The van der Waals surface area contributed by atoms with Crippen LogP contribution in [0, 0.1) is 5.92 Å². The van der Waals surface area contributed by atoms with Gasteiger partial charge in [-0.05, 0) is 18.5 Å². The van der Waals surface area contributed by atoms with Gasteiger partial charge in [-0.25, -0.2) is 0 Å². The van der Waals surface area contributed by atoms with Gasteiger partial charge in [0.05, 0.1) is 19.8 Å². The Bertz CT molecular complexity index is 341. The summed E-state index contributed by atoms with van der Waals surface area (Å²) in [6, 6.07) is 10.1. The van der Waals surface area contributed by atoms with Crippen molar-refractivity contribution in [1.29, 1.82) is 0 Å². The molecular weight excluding hydrogens is 228 g/mol. The summed E-state index contributed by atoms with van der Waals surface area (Å²) >= 11 is 0. The molecule has 0 aliphatic carbocycles. The van der Waals surface area contributed by atoms with Gasteiger partial charge in [0.1, 0.15) is 0 Å². The fraction of sp³-hybridized carbons (Fsp3) is 0.500. The van der Waals surface area contributed by atoms with Crippen molar-refractivity contribution in [2.45, 2.75) is 13.5 Å². The summed E-state index contributed by atoms with van der Waals surface area (Å²) in [4.78, 5) is 11.2. The molecule has 2 N–H and O–H groups in total. The van der Waals surface area contributed by atoms with E-state index in [1.807, 2.05) is 30.3 Å². The van der Waals surface area contributed by atoms with E-state index in [0.29, 0.717) is 32.2 Å². The molecule has 1 aromatic rings. The average Bonchev–Trinajstić information content (AvgIpc) is 2.38. The lowest BCUT2D eigenvalue weighted by Gasteiger charge is -2.13. The Labute approximate surface area is 109 Å². The first kappa shape index (κ1) is 14.7. The van der Waals surface area contributed by atoms with Crippen LogP contribution in [0.5, 0.6) is 0 Å². The first-order valence-corrected chi connectivity index (χ1v) is 6.25. The highest BCUT2D eigenvalue weighted by Gasteiger charge is 2.05. The fourth-order valence-corrected chi connectivity index (χ4v) is 1.52. The van der Waals surface area contributed by atoms with Crippen molar-refractivity contribution in [2.24, 2.45) is 5.92 Å². The summed E-state index contributed by atoms with van der Waals surface area (Å²) in [5.74, 6) is 0.335. The minimum absolute atomic E-state index is 0.0207. The van der Waals surface area contributed by atoms with Crippen LogP contribution in [0.1, 0.15) is 12.5 Å². The molecule has 0 aliphatic heterocycles. The number of carbonyl (C=O) groups is 1. The Morgan fingerprint density at radius 2 is 2.06 bits per heavy atom. The smallest absolute Gasteiger partial charge is 0.233 e. The molecule has 4 nitrogen and oxygen atoms in total. The third-order valence-corrected chi connectivity index (χ3v) is 2.50. The molecule has 1 rings (SSSR count). The average molecular weight is 250 g/mol. The van der Waals surface area contributed by atoms with Crippen molar-refractivity contribution < 1.29 is 9.53 Å². The first-order valence-electron chi connectivity index (χ1n) is 6.25. The van der Waals surface area contributed by atoms with Crippen LogP contribution in [0.4, 0.5) is 0 Å². The summed E-state index contributed by atoms with van der Waals surface area (Å²) in [5, 5.41) is 5.66. The molecule has 100 valence electrons. The number of hydrogen-bond acceptors (Lipinski definition) is 3. The number of likely N-dealkylation sites (N-methyl/N-ethyl adjacent to an activating group) is 1. The van der Waals surface area contributed by atoms with Gasteiger partial charge in [-0.15, -0.1) is 0 Å². The van der Waals surface area contributed by atoms with Crippen molar-refractivity contribution in [2.75, 3.05) is 26.7 Å². The molecule has 1 amide bonds. The zero-order valence-electron chi connectivity index (χ0n) is 11.1. The normalized spacial score (nSPS) is 12.1. The molecule has 0 saturated carbocycles. The summed E-state index contributed by atoms with van der Waals surface area (Å²) in [7, 11) is 1.76. The Kier molecular flexibility index (Phi) is 7.06. The van der Waals surface area contributed by atoms with Gasteiger partial charge in [0.2, 0.25) is 5.91 Å².